The minimum atomic E-state index is -0.937. The van der Waals surface area contributed by atoms with Crippen molar-refractivity contribution in [1.82, 2.24) is 14.7 Å². The lowest BCUT2D eigenvalue weighted by molar-refractivity contribution is 0.224. The van der Waals surface area contributed by atoms with Crippen molar-refractivity contribution in [2.75, 3.05) is 44.2 Å². The Morgan fingerprint density at radius 1 is 0.895 bits per heavy atom. The summed E-state index contributed by atoms with van der Waals surface area (Å²) >= 11 is 0. The lowest BCUT2D eigenvalue weighted by Gasteiger charge is -2.36. The van der Waals surface area contributed by atoms with Gasteiger partial charge in [-0.2, -0.15) is 4.68 Å². The van der Waals surface area contributed by atoms with Crippen molar-refractivity contribution in [2.45, 2.75) is 6.42 Å². The zero-order valence-electron chi connectivity index (χ0n) is 20.5. The van der Waals surface area contributed by atoms with E-state index in [9.17, 15) is 13.6 Å². The second-order valence-electron chi connectivity index (χ2n) is 8.58. The summed E-state index contributed by atoms with van der Waals surface area (Å²) in [6.07, 6.45) is 0.441. The van der Waals surface area contributed by atoms with Gasteiger partial charge in [-0.25, -0.2) is 13.6 Å². The number of rotatable bonds is 9. The third-order valence-electron chi connectivity index (χ3n) is 6.08. The van der Waals surface area contributed by atoms with Crippen molar-refractivity contribution < 1.29 is 22.7 Å². The molecule has 11 heteroatoms. The van der Waals surface area contributed by atoms with Gasteiger partial charge in [0.05, 0.1) is 12.3 Å². The smallest absolute Gasteiger partial charge is 0.444 e. The number of piperazine rings is 1. The predicted molar refractivity (Wildman–Crippen MR) is 141 cm³/mol. The van der Waals surface area contributed by atoms with Crippen molar-refractivity contribution in [1.29, 1.82) is 0 Å². The molecule has 8 nitrogen and oxygen atoms in total. The maximum absolute atomic E-state index is 13.8. The highest BCUT2D eigenvalue weighted by Crippen LogP contribution is 2.23. The fourth-order valence-electron chi connectivity index (χ4n) is 4.15. The standard InChI is InChI=1S/C27H26F2N4O4.ClH/c28-20-7-12-25(24(29)19-20)36-26-30-33(27(34)37-26)22-8-10-23(11-9-22)35-18-4-13-31-14-16-32(17-15-31)21-5-2-1-3-6-21;/h1-3,5-12,19H,4,13-18H2;1H. The largest absolute Gasteiger partial charge is 0.494 e. The van der Waals surface area contributed by atoms with Gasteiger partial charge in [0.2, 0.25) is 0 Å². The second-order valence-corrected chi connectivity index (χ2v) is 8.58. The van der Waals surface area contributed by atoms with Crippen LogP contribution >= 0.6 is 12.4 Å². The molecule has 0 spiro atoms. The Bertz CT molecular complexity index is 1370. The number of aromatic nitrogens is 2. The SMILES string of the molecule is Cl.O=c1oc(Oc2ccc(F)cc2F)nn1-c1ccc(OCCCN2CCN(c3ccccc3)CC2)cc1. The van der Waals surface area contributed by atoms with Crippen LogP contribution < -0.4 is 20.1 Å². The first-order valence-electron chi connectivity index (χ1n) is 12.0. The lowest BCUT2D eigenvalue weighted by atomic mass is 10.2. The van der Waals surface area contributed by atoms with Crippen LogP contribution in [0.5, 0.6) is 17.6 Å². The van der Waals surface area contributed by atoms with Gasteiger partial charge in [0.25, 0.3) is 0 Å². The predicted octanol–water partition coefficient (Wildman–Crippen LogP) is 4.91. The van der Waals surface area contributed by atoms with Crippen molar-refractivity contribution >= 4 is 18.1 Å². The van der Waals surface area contributed by atoms with E-state index in [1.54, 1.807) is 24.3 Å². The number of nitrogens with zero attached hydrogens (tertiary/aromatic N) is 4. The summed E-state index contributed by atoms with van der Waals surface area (Å²) in [4.78, 5) is 17.0. The molecule has 1 aromatic heterocycles. The summed E-state index contributed by atoms with van der Waals surface area (Å²) in [6.45, 7) is 5.61. The first-order chi connectivity index (χ1) is 18.0. The zero-order chi connectivity index (χ0) is 25.6. The highest BCUT2D eigenvalue weighted by Gasteiger charge is 2.17. The zero-order valence-corrected chi connectivity index (χ0v) is 21.3. The van der Waals surface area contributed by atoms with E-state index in [2.05, 4.69) is 39.2 Å². The van der Waals surface area contributed by atoms with Crippen LogP contribution in [0.25, 0.3) is 5.69 Å². The Labute approximate surface area is 224 Å². The molecule has 0 radical (unpaired) electrons. The second kappa shape index (κ2) is 12.6. The number of halogens is 3. The highest BCUT2D eigenvalue weighted by atomic mass is 35.5. The third-order valence-corrected chi connectivity index (χ3v) is 6.08. The van der Waals surface area contributed by atoms with Gasteiger partial charge in [-0.05, 0) is 55.0 Å². The van der Waals surface area contributed by atoms with E-state index in [0.717, 1.165) is 56.0 Å². The molecule has 0 atom stereocenters. The Balaban J connectivity index is 0.00000336. The van der Waals surface area contributed by atoms with Crippen molar-refractivity contribution in [3.05, 3.63) is 95.0 Å². The average molecular weight is 545 g/mol. The average Bonchev–Trinajstić information content (AvgIpc) is 3.29. The van der Waals surface area contributed by atoms with Crippen LogP contribution in [0.4, 0.5) is 14.5 Å². The molecule has 0 unspecified atom stereocenters. The number of ether oxygens (including phenoxy) is 2. The molecule has 1 aliphatic heterocycles. The number of hydrogen-bond acceptors (Lipinski definition) is 7. The third kappa shape index (κ3) is 6.70. The minimum Gasteiger partial charge on any atom is -0.494 e. The Hall–Kier alpha value is -3.89. The molecule has 3 aromatic carbocycles. The summed E-state index contributed by atoms with van der Waals surface area (Å²) in [5.41, 5.74) is 1.69. The molecule has 0 aliphatic carbocycles. The van der Waals surface area contributed by atoms with Crippen LogP contribution in [-0.2, 0) is 0 Å². The number of para-hydroxylation sites is 1. The summed E-state index contributed by atoms with van der Waals surface area (Å²) < 4.78 is 43.7. The van der Waals surface area contributed by atoms with E-state index >= 15 is 0 Å². The molecule has 1 saturated heterocycles. The molecule has 1 aliphatic rings. The van der Waals surface area contributed by atoms with E-state index in [1.165, 1.54) is 5.69 Å². The highest BCUT2D eigenvalue weighted by molar-refractivity contribution is 5.85. The van der Waals surface area contributed by atoms with Gasteiger partial charge in [-0.15, -0.1) is 12.4 Å². The van der Waals surface area contributed by atoms with Gasteiger partial charge in [-0.1, -0.05) is 23.3 Å². The molecular formula is C27H27ClF2N4O4. The van der Waals surface area contributed by atoms with Crippen LogP contribution in [0.2, 0.25) is 0 Å². The fourth-order valence-corrected chi connectivity index (χ4v) is 4.15. The fraction of sp³-hybridized carbons (Fsp3) is 0.259. The summed E-state index contributed by atoms with van der Waals surface area (Å²) in [6, 6.07) is 20.0. The van der Waals surface area contributed by atoms with Gasteiger partial charge in [0, 0.05) is 44.5 Å². The maximum Gasteiger partial charge on any atom is 0.444 e. The van der Waals surface area contributed by atoms with Gasteiger partial charge < -0.3 is 18.8 Å². The maximum atomic E-state index is 13.8. The molecule has 0 bridgehead atoms. The molecular weight excluding hydrogens is 518 g/mol. The molecule has 200 valence electrons. The topological polar surface area (TPSA) is 73.0 Å². The molecule has 38 heavy (non-hydrogen) atoms. The number of anilines is 1. The van der Waals surface area contributed by atoms with E-state index in [-0.39, 0.29) is 18.2 Å². The molecule has 4 aromatic rings. The van der Waals surface area contributed by atoms with Crippen LogP contribution in [0.1, 0.15) is 6.42 Å². The van der Waals surface area contributed by atoms with Crippen molar-refractivity contribution in [3.8, 4) is 23.3 Å². The normalized spacial score (nSPS) is 13.7. The number of hydrogen-bond donors (Lipinski definition) is 0. The quantitative estimate of drug-likeness (QED) is 0.277. The minimum absolute atomic E-state index is 0. The Morgan fingerprint density at radius 2 is 1.63 bits per heavy atom. The van der Waals surface area contributed by atoms with E-state index < -0.39 is 23.5 Å². The van der Waals surface area contributed by atoms with Gasteiger partial charge in [0.1, 0.15) is 11.6 Å². The molecule has 2 heterocycles. The van der Waals surface area contributed by atoms with Gasteiger partial charge in [-0.3, -0.25) is 4.90 Å². The Kier molecular flexibility index (Phi) is 8.98. The Morgan fingerprint density at radius 3 is 2.34 bits per heavy atom. The molecule has 0 N–H and O–H groups in total. The summed E-state index contributed by atoms with van der Waals surface area (Å²) in [5, 5.41) is 3.93. The van der Waals surface area contributed by atoms with Crippen molar-refractivity contribution in [2.24, 2.45) is 0 Å². The monoisotopic (exact) mass is 544 g/mol. The van der Waals surface area contributed by atoms with E-state index in [1.807, 2.05) is 6.07 Å². The summed E-state index contributed by atoms with van der Waals surface area (Å²) in [5.74, 6) is -2.14. The van der Waals surface area contributed by atoms with Gasteiger partial charge >= 0.3 is 11.8 Å². The van der Waals surface area contributed by atoms with Crippen LogP contribution in [0.15, 0.2) is 82.0 Å². The molecule has 0 saturated carbocycles. The number of benzene rings is 3. The molecule has 0 amide bonds. The molecule has 1 fully saturated rings. The van der Waals surface area contributed by atoms with Crippen molar-refractivity contribution in [3.63, 3.8) is 0 Å². The summed E-state index contributed by atoms with van der Waals surface area (Å²) in [7, 11) is 0. The van der Waals surface area contributed by atoms with E-state index in [4.69, 9.17) is 13.9 Å². The van der Waals surface area contributed by atoms with Crippen LogP contribution in [0.3, 0.4) is 0 Å². The first kappa shape index (κ1) is 27.2. The van der Waals surface area contributed by atoms with Crippen LogP contribution in [0, 0.1) is 11.6 Å². The van der Waals surface area contributed by atoms with E-state index in [0.29, 0.717) is 24.1 Å². The molecule has 5 rings (SSSR count). The lowest BCUT2D eigenvalue weighted by Crippen LogP contribution is -2.46. The first-order valence-corrected chi connectivity index (χ1v) is 12.0. The van der Waals surface area contributed by atoms with Gasteiger partial charge in [0.15, 0.2) is 11.6 Å². The van der Waals surface area contributed by atoms with Crippen LogP contribution in [-0.4, -0.2) is 54.0 Å².